The van der Waals surface area contributed by atoms with Gasteiger partial charge in [0, 0.05) is 29.2 Å². The Balaban J connectivity index is 1.71. The van der Waals surface area contributed by atoms with Crippen molar-refractivity contribution in [2.75, 3.05) is 25.5 Å². The van der Waals surface area contributed by atoms with E-state index in [4.69, 9.17) is 4.74 Å². The van der Waals surface area contributed by atoms with Gasteiger partial charge in [-0.3, -0.25) is 14.4 Å². The summed E-state index contributed by atoms with van der Waals surface area (Å²) in [6.45, 7) is 10.2. The van der Waals surface area contributed by atoms with Crippen molar-refractivity contribution in [3.63, 3.8) is 0 Å². The fourth-order valence-electron chi connectivity index (χ4n) is 3.98. The highest BCUT2D eigenvalue weighted by molar-refractivity contribution is 7.17. The number of carbonyl (C=O) groups is 2. The van der Waals surface area contributed by atoms with Crippen molar-refractivity contribution >= 4 is 28.2 Å². The smallest absolute Gasteiger partial charge is 0.341 e. The van der Waals surface area contributed by atoms with E-state index in [2.05, 4.69) is 24.3 Å². The van der Waals surface area contributed by atoms with Crippen molar-refractivity contribution in [3.8, 4) is 0 Å². The van der Waals surface area contributed by atoms with Crippen molar-refractivity contribution in [3.05, 3.63) is 33.5 Å². The maximum atomic E-state index is 12.8. The lowest BCUT2D eigenvalue weighted by molar-refractivity contribution is -0.117. The number of hydrogen-bond acceptors (Lipinski definition) is 6. The summed E-state index contributed by atoms with van der Waals surface area (Å²) in [7, 11) is 1.91. The first kappa shape index (κ1) is 22.5. The lowest BCUT2D eigenvalue weighted by atomic mass is 9.88. The minimum Gasteiger partial charge on any atom is -0.462 e. The minimum absolute atomic E-state index is 0.129. The number of aromatic nitrogens is 2. The van der Waals surface area contributed by atoms with Gasteiger partial charge in [-0.25, -0.2) is 4.79 Å². The summed E-state index contributed by atoms with van der Waals surface area (Å²) in [5.41, 5.74) is 3.84. The summed E-state index contributed by atoms with van der Waals surface area (Å²) >= 11 is 1.52. The van der Waals surface area contributed by atoms with E-state index in [1.807, 2.05) is 29.7 Å². The van der Waals surface area contributed by atoms with Gasteiger partial charge in [0.2, 0.25) is 5.91 Å². The van der Waals surface area contributed by atoms with Crippen molar-refractivity contribution in [1.82, 2.24) is 14.7 Å². The van der Waals surface area contributed by atoms with Gasteiger partial charge in [-0.05, 0) is 58.6 Å². The molecule has 0 bridgehead atoms. The van der Waals surface area contributed by atoms with E-state index in [9.17, 15) is 9.59 Å². The van der Waals surface area contributed by atoms with Crippen LogP contribution in [0, 0.1) is 12.8 Å². The zero-order valence-corrected chi connectivity index (χ0v) is 19.4. The normalized spacial score (nSPS) is 15.9. The number of carbonyl (C=O) groups excluding carboxylic acids is 2. The average molecular weight is 433 g/mol. The maximum Gasteiger partial charge on any atom is 0.341 e. The molecule has 164 valence electrons. The molecule has 30 heavy (non-hydrogen) atoms. The van der Waals surface area contributed by atoms with Crippen molar-refractivity contribution in [2.24, 2.45) is 5.92 Å². The highest BCUT2D eigenvalue weighted by Crippen LogP contribution is 2.40. The Labute approximate surface area is 182 Å². The lowest BCUT2D eigenvalue weighted by Crippen LogP contribution is -2.30. The lowest BCUT2D eigenvalue weighted by Gasteiger charge is -2.18. The second-order valence-corrected chi connectivity index (χ2v) is 9.17. The predicted octanol–water partition coefficient (Wildman–Crippen LogP) is 3.64. The first-order valence-electron chi connectivity index (χ1n) is 10.6. The Morgan fingerprint density at radius 3 is 2.83 bits per heavy atom. The maximum absolute atomic E-state index is 12.8. The van der Waals surface area contributed by atoms with Crippen LogP contribution >= 0.6 is 11.3 Å². The van der Waals surface area contributed by atoms with E-state index in [0.717, 1.165) is 42.6 Å². The molecule has 0 fully saturated rings. The molecule has 0 aliphatic heterocycles. The number of likely N-dealkylation sites (N-methyl/N-ethyl adjacent to an activating group) is 1. The Hall–Kier alpha value is -2.19. The Morgan fingerprint density at radius 2 is 2.17 bits per heavy atom. The summed E-state index contributed by atoms with van der Waals surface area (Å²) in [6, 6.07) is 0. The number of amides is 1. The molecule has 1 aliphatic carbocycles. The third-order valence-electron chi connectivity index (χ3n) is 5.60. The molecule has 1 unspecified atom stereocenters. The number of thiophene rings is 1. The van der Waals surface area contributed by atoms with Crippen LogP contribution in [-0.4, -0.2) is 46.8 Å². The topological polar surface area (TPSA) is 76.5 Å². The van der Waals surface area contributed by atoms with Crippen molar-refractivity contribution in [1.29, 1.82) is 0 Å². The fraction of sp³-hybridized carbons (Fsp3) is 0.591. The fourth-order valence-corrected chi connectivity index (χ4v) is 5.39. The summed E-state index contributed by atoms with van der Waals surface area (Å²) in [6.07, 6.45) is 4.72. The third kappa shape index (κ3) is 4.92. The van der Waals surface area contributed by atoms with Gasteiger partial charge in [-0.2, -0.15) is 5.10 Å². The van der Waals surface area contributed by atoms with Crippen LogP contribution in [0.1, 0.15) is 59.2 Å². The van der Waals surface area contributed by atoms with E-state index in [-0.39, 0.29) is 18.4 Å². The van der Waals surface area contributed by atoms with Crippen LogP contribution in [0.2, 0.25) is 0 Å². The molecular weight excluding hydrogens is 400 g/mol. The van der Waals surface area contributed by atoms with E-state index >= 15 is 0 Å². The summed E-state index contributed by atoms with van der Waals surface area (Å²) in [5.74, 6) is 0.124. The molecular formula is C22H32N4O3S. The van der Waals surface area contributed by atoms with Crippen LogP contribution in [0.5, 0.6) is 0 Å². The van der Waals surface area contributed by atoms with Gasteiger partial charge >= 0.3 is 5.97 Å². The summed E-state index contributed by atoms with van der Waals surface area (Å²) < 4.78 is 7.23. The number of hydrogen-bond donors (Lipinski definition) is 1. The molecule has 2 heterocycles. The number of rotatable bonds is 8. The van der Waals surface area contributed by atoms with Gasteiger partial charge in [-0.15, -0.1) is 11.3 Å². The van der Waals surface area contributed by atoms with Gasteiger partial charge in [0.05, 0.1) is 24.9 Å². The molecule has 1 amide bonds. The Bertz CT molecular complexity index is 918. The molecule has 0 radical (unpaired) electrons. The molecule has 0 saturated heterocycles. The van der Waals surface area contributed by atoms with Gasteiger partial charge < -0.3 is 10.1 Å². The van der Waals surface area contributed by atoms with Crippen LogP contribution in [-0.2, 0) is 35.5 Å². The van der Waals surface area contributed by atoms with Gasteiger partial charge in [0.1, 0.15) is 5.00 Å². The zero-order valence-electron chi connectivity index (χ0n) is 18.6. The SMILES string of the molecule is CCOC(=O)c1c(NC(=O)CN(C)Cc2cnn(CC)c2C)sc2c1CCC(C)C2. The molecule has 1 aliphatic rings. The number of aryl methyl sites for hydroxylation is 1. The minimum atomic E-state index is -0.337. The van der Waals surface area contributed by atoms with Crippen LogP contribution in [0.25, 0.3) is 0 Å². The number of nitrogens with zero attached hydrogens (tertiary/aromatic N) is 3. The second-order valence-electron chi connectivity index (χ2n) is 8.07. The molecule has 2 aromatic rings. The van der Waals surface area contributed by atoms with Crippen LogP contribution in [0.4, 0.5) is 5.00 Å². The number of fused-ring (bicyclic) bond motifs is 1. The molecule has 3 rings (SSSR count). The molecule has 0 aromatic carbocycles. The molecule has 1 N–H and O–H groups in total. The monoisotopic (exact) mass is 432 g/mol. The number of ether oxygens (including phenoxy) is 1. The molecule has 0 saturated carbocycles. The highest BCUT2D eigenvalue weighted by Gasteiger charge is 2.29. The number of anilines is 1. The van der Waals surface area contributed by atoms with E-state index < -0.39 is 0 Å². The Morgan fingerprint density at radius 1 is 1.40 bits per heavy atom. The first-order valence-corrected chi connectivity index (χ1v) is 11.5. The molecule has 1 atom stereocenters. The Kier molecular flexibility index (Phi) is 7.31. The van der Waals surface area contributed by atoms with Crippen molar-refractivity contribution in [2.45, 2.75) is 60.0 Å². The number of esters is 1. The van der Waals surface area contributed by atoms with E-state index in [1.165, 1.54) is 16.2 Å². The molecule has 8 heteroatoms. The molecule has 7 nitrogen and oxygen atoms in total. The van der Waals surface area contributed by atoms with Gasteiger partial charge in [0.25, 0.3) is 0 Å². The third-order valence-corrected chi connectivity index (χ3v) is 6.77. The number of nitrogens with one attached hydrogen (secondary N) is 1. The quantitative estimate of drug-likeness (QED) is 0.645. The standard InChI is InChI=1S/C22H32N4O3S/c1-6-26-15(4)16(11-23-26)12-25(5)13-19(27)24-21-20(22(28)29-7-2)17-9-8-14(3)10-18(17)30-21/h11,14H,6-10,12-13H2,1-5H3,(H,24,27). The van der Waals surface area contributed by atoms with E-state index in [1.54, 1.807) is 6.92 Å². The van der Waals surface area contributed by atoms with Crippen LogP contribution in [0.15, 0.2) is 6.20 Å². The molecule has 0 spiro atoms. The zero-order chi connectivity index (χ0) is 21.8. The van der Waals surface area contributed by atoms with Crippen LogP contribution in [0.3, 0.4) is 0 Å². The van der Waals surface area contributed by atoms with Crippen molar-refractivity contribution < 1.29 is 14.3 Å². The van der Waals surface area contributed by atoms with Crippen LogP contribution < -0.4 is 5.32 Å². The highest BCUT2D eigenvalue weighted by atomic mass is 32.1. The molecule has 2 aromatic heterocycles. The largest absolute Gasteiger partial charge is 0.462 e. The summed E-state index contributed by atoms with van der Waals surface area (Å²) in [4.78, 5) is 28.5. The second kappa shape index (κ2) is 9.75. The van der Waals surface area contributed by atoms with E-state index in [0.29, 0.717) is 29.6 Å². The first-order chi connectivity index (χ1) is 14.3. The summed E-state index contributed by atoms with van der Waals surface area (Å²) in [5, 5.41) is 7.98. The van der Waals surface area contributed by atoms with Gasteiger partial charge in [0.15, 0.2) is 0 Å². The average Bonchev–Trinajstić information content (AvgIpc) is 3.21. The predicted molar refractivity (Wildman–Crippen MR) is 119 cm³/mol. The van der Waals surface area contributed by atoms with Gasteiger partial charge in [-0.1, -0.05) is 6.92 Å².